The van der Waals surface area contributed by atoms with Gasteiger partial charge in [0.1, 0.15) is 12.7 Å². The Morgan fingerprint density at radius 1 is 1.18 bits per heavy atom. The molecule has 216 valence electrons. The first kappa shape index (κ1) is 27.9. The summed E-state index contributed by atoms with van der Waals surface area (Å²) in [6, 6.07) is 4.19. The van der Waals surface area contributed by atoms with Crippen LogP contribution in [0.4, 0.5) is 0 Å². The third-order valence-electron chi connectivity index (χ3n) is 9.42. The number of hydrogen-bond donors (Lipinski definition) is 2. The van der Waals surface area contributed by atoms with Gasteiger partial charge in [-0.05, 0) is 63.8 Å². The van der Waals surface area contributed by atoms with E-state index in [2.05, 4.69) is 15.2 Å². The van der Waals surface area contributed by atoms with Gasteiger partial charge in [0.15, 0.2) is 11.5 Å². The van der Waals surface area contributed by atoms with Crippen molar-refractivity contribution in [3.63, 3.8) is 0 Å². The maximum absolute atomic E-state index is 13.3. The van der Waals surface area contributed by atoms with E-state index in [-0.39, 0.29) is 24.1 Å². The van der Waals surface area contributed by atoms with Gasteiger partial charge in [0.05, 0.1) is 11.1 Å². The molecule has 2 saturated carbocycles. The summed E-state index contributed by atoms with van der Waals surface area (Å²) in [5.41, 5.74) is 2.25. The lowest BCUT2D eigenvalue weighted by Gasteiger charge is -2.40. The van der Waals surface area contributed by atoms with Crippen molar-refractivity contribution >= 4 is 29.3 Å². The van der Waals surface area contributed by atoms with Crippen molar-refractivity contribution in [1.29, 1.82) is 0 Å². The molecule has 3 heterocycles. The maximum atomic E-state index is 13.3. The molecule has 10 heteroatoms. The van der Waals surface area contributed by atoms with Crippen molar-refractivity contribution in [3.05, 3.63) is 49.9 Å². The fourth-order valence-electron chi connectivity index (χ4n) is 7.09. The number of nitrogens with one attached hydrogen (secondary N) is 2. The summed E-state index contributed by atoms with van der Waals surface area (Å²) in [4.78, 5) is 32.1. The minimum atomic E-state index is -0.306. The number of halogens is 1. The third kappa shape index (κ3) is 5.14. The smallest absolute Gasteiger partial charge is 0.254 e. The molecule has 0 bridgehead atoms. The Kier molecular flexibility index (Phi) is 7.85. The van der Waals surface area contributed by atoms with E-state index in [4.69, 9.17) is 25.8 Å². The maximum Gasteiger partial charge on any atom is 0.254 e. The van der Waals surface area contributed by atoms with E-state index in [1.165, 1.54) is 37.7 Å². The first-order chi connectivity index (χ1) is 19.3. The Morgan fingerprint density at radius 3 is 2.58 bits per heavy atom. The van der Waals surface area contributed by atoms with Crippen LogP contribution in [0, 0.1) is 31.6 Å². The van der Waals surface area contributed by atoms with Gasteiger partial charge >= 0.3 is 0 Å². The summed E-state index contributed by atoms with van der Waals surface area (Å²) < 4.78 is 18.2. The number of carbonyl (C=O) groups is 1. The van der Waals surface area contributed by atoms with Gasteiger partial charge in [-0.25, -0.2) is 0 Å². The molecule has 1 aromatic heterocycles. The predicted molar refractivity (Wildman–Crippen MR) is 156 cm³/mol. The molecule has 1 saturated heterocycles. The number of pyridine rings is 1. The highest BCUT2D eigenvalue weighted by Gasteiger charge is 2.57. The fraction of sp³-hybridized carbons (Fsp3) is 0.600. The SMILES string of the molecule is COC1C2CN([C@H]3CC[C@@H]([C@H]4COc5c(Cl)cc(C(=O)NCc6c(SC)cc(C)[nH]c6=O)c(C)c5O4)CC3)CC21. The molecule has 3 atom stereocenters. The number of likely N-dealkylation sites (tertiary alicyclic amines) is 1. The van der Waals surface area contributed by atoms with Crippen LogP contribution < -0.4 is 20.3 Å². The number of amides is 1. The van der Waals surface area contributed by atoms with Crippen LogP contribution in [0.15, 0.2) is 21.8 Å². The molecule has 6 rings (SSSR count). The summed E-state index contributed by atoms with van der Waals surface area (Å²) in [6.45, 7) is 6.64. The van der Waals surface area contributed by atoms with Crippen molar-refractivity contribution in [1.82, 2.24) is 15.2 Å². The Labute approximate surface area is 244 Å². The molecule has 8 nitrogen and oxygen atoms in total. The average Bonchev–Trinajstić information content (AvgIpc) is 3.43. The molecule has 2 aromatic rings. The molecule has 2 N–H and O–H groups in total. The molecular formula is C30H38ClN3O5S. The first-order valence-electron chi connectivity index (χ1n) is 14.2. The Balaban J connectivity index is 1.10. The molecule has 1 aromatic carbocycles. The third-order valence-corrected chi connectivity index (χ3v) is 10.5. The van der Waals surface area contributed by atoms with Gasteiger partial charge in [0.2, 0.25) is 0 Å². The van der Waals surface area contributed by atoms with Gasteiger partial charge < -0.3 is 24.5 Å². The summed E-state index contributed by atoms with van der Waals surface area (Å²) in [5, 5.41) is 3.26. The number of thioether (sulfide) groups is 1. The highest BCUT2D eigenvalue weighted by molar-refractivity contribution is 7.98. The van der Waals surface area contributed by atoms with Crippen molar-refractivity contribution in [2.45, 2.75) is 69.2 Å². The topological polar surface area (TPSA) is 92.9 Å². The number of ether oxygens (including phenoxy) is 3. The average molecular weight is 588 g/mol. The van der Waals surface area contributed by atoms with Gasteiger partial charge in [-0.3, -0.25) is 14.5 Å². The second kappa shape index (κ2) is 11.2. The van der Waals surface area contributed by atoms with Crippen LogP contribution in [0.5, 0.6) is 11.5 Å². The van der Waals surface area contributed by atoms with Crippen LogP contribution in [-0.2, 0) is 11.3 Å². The molecule has 0 spiro atoms. The van der Waals surface area contributed by atoms with Crippen LogP contribution in [-0.4, -0.2) is 67.1 Å². The first-order valence-corrected chi connectivity index (χ1v) is 15.8. The summed E-state index contributed by atoms with van der Waals surface area (Å²) >= 11 is 8.06. The van der Waals surface area contributed by atoms with Crippen LogP contribution in [0.2, 0.25) is 5.02 Å². The highest BCUT2D eigenvalue weighted by atomic mass is 35.5. The van der Waals surface area contributed by atoms with Crippen molar-refractivity contribution in [2.75, 3.05) is 33.1 Å². The molecule has 2 aliphatic heterocycles. The fourth-order valence-corrected chi connectivity index (χ4v) is 8.04. The largest absolute Gasteiger partial charge is 0.484 e. The minimum Gasteiger partial charge on any atom is -0.484 e. The lowest BCUT2D eigenvalue weighted by atomic mass is 9.82. The highest BCUT2D eigenvalue weighted by Crippen LogP contribution is 2.50. The number of methoxy groups -OCH3 is 1. The monoisotopic (exact) mass is 587 g/mol. The number of benzene rings is 1. The zero-order valence-corrected chi connectivity index (χ0v) is 25.1. The number of aromatic nitrogens is 1. The number of rotatable bonds is 7. The van der Waals surface area contributed by atoms with E-state index in [1.807, 2.05) is 33.3 Å². The van der Waals surface area contributed by atoms with E-state index in [0.717, 1.165) is 35.3 Å². The Morgan fingerprint density at radius 2 is 1.90 bits per heavy atom. The lowest BCUT2D eigenvalue weighted by Crippen LogP contribution is -2.43. The number of piperidine rings is 1. The quantitative estimate of drug-likeness (QED) is 0.458. The molecule has 40 heavy (non-hydrogen) atoms. The van der Waals surface area contributed by atoms with E-state index in [1.54, 1.807) is 6.07 Å². The van der Waals surface area contributed by atoms with Gasteiger partial charge in [-0.2, -0.15) is 0 Å². The molecule has 2 aliphatic carbocycles. The number of hydrogen-bond acceptors (Lipinski definition) is 7. The molecule has 0 radical (unpaired) electrons. The van der Waals surface area contributed by atoms with Crippen molar-refractivity contribution in [3.8, 4) is 11.5 Å². The van der Waals surface area contributed by atoms with Crippen LogP contribution in [0.25, 0.3) is 0 Å². The zero-order chi connectivity index (χ0) is 28.1. The molecule has 4 aliphatic rings. The lowest BCUT2D eigenvalue weighted by molar-refractivity contribution is 0.0184. The van der Waals surface area contributed by atoms with Gasteiger partial charge in [-0.15, -0.1) is 11.8 Å². The Hall–Kier alpha value is -2.20. The summed E-state index contributed by atoms with van der Waals surface area (Å²) in [7, 11) is 1.84. The van der Waals surface area contributed by atoms with E-state index >= 15 is 0 Å². The number of nitrogens with zero attached hydrogens (tertiary/aromatic N) is 1. The number of aromatic amines is 1. The Bertz CT molecular complexity index is 1350. The number of fused-ring (bicyclic) bond motifs is 2. The summed E-state index contributed by atoms with van der Waals surface area (Å²) in [5.74, 6) is 2.63. The zero-order valence-electron chi connectivity index (χ0n) is 23.6. The van der Waals surface area contributed by atoms with Crippen LogP contribution in [0.1, 0.15) is 52.9 Å². The molecule has 1 amide bonds. The molecular weight excluding hydrogens is 550 g/mol. The van der Waals surface area contributed by atoms with E-state index in [9.17, 15) is 9.59 Å². The van der Waals surface area contributed by atoms with E-state index in [0.29, 0.717) is 57.9 Å². The standard InChI is InChI=1S/C30H38ClN3O5S/c1-15-9-25(40-4)20(30(36)33-15)11-32-29(35)19-10-23(31)28-26(16(19)2)39-24(14-38-28)17-5-7-18(8-6-17)34-12-21-22(13-34)27(21)37-3/h9-10,17-18,21-22,24,27H,5-8,11-14H2,1-4H3,(H,32,35)(H,33,36)/t17-,18+,21?,22?,24-,27?/m1/s1. The molecule has 3 fully saturated rings. The van der Waals surface area contributed by atoms with Crippen LogP contribution >= 0.6 is 23.4 Å². The second-order valence-electron chi connectivity index (χ2n) is 11.7. The van der Waals surface area contributed by atoms with E-state index < -0.39 is 0 Å². The van der Waals surface area contributed by atoms with Crippen molar-refractivity contribution in [2.24, 2.45) is 17.8 Å². The summed E-state index contributed by atoms with van der Waals surface area (Å²) in [6.07, 6.45) is 6.88. The van der Waals surface area contributed by atoms with Crippen molar-refractivity contribution < 1.29 is 19.0 Å². The normalized spacial score (nSPS) is 29.2. The predicted octanol–water partition coefficient (Wildman–Crippen LogP) is 4.57. The van der Waals surface area contributed by atoms with Gasteiger partial charge in [0, 0.05) is 71.9 Å². The number of H-pyrrole nitrogens is 1. The van der Waals surface area contributed by atoms with Gasteiger partial charge in [-0.1, -0.05) is 11.6 Å². The molecule has 2 unspecified atom stereocenters. The second-order valence-corrected chi connectivity index (χ2v) is 13.0. The minimum absolute atomic E-state index is 0.0679. The van der Waals surface area contributed by atoms with Gasteiger partial charge in [0.25, 0.3) is 11.5 Å². The van der Waals surface area contributed by atoms with Crippen LogP contribution in [0.3, 0.4) is 0 Å². The number of aryl methyl sites for hydroxylation is 1. The number of carbonyl (C=O) groups excluding carboxylic acids is 1.